The summed E-state index contributed by atoms with van der Waals surface area (Å²) in [4.78, 5) is 24.4. The van der Waals surface area contributed by atoms with Crippen molar-refractivity contribution < 1.29 is 28.5 Å². The highest BCUT2D eigenvalue weighted by Crippen LogP contribution is 2.35. The van der Waals surface area contributed by atoms with Crippen LogP contribution in [0.25, 0.3) is 10.8 Å². The van der Waals surface area contributed by atoms with Gasteiger partial charge in [0, 0.05) is 21.9 Å². The summed E-state index contributed by atoms with van der Waals surface area (Å²) in [6.07, 6.45) is 6.95. The molecule has 0 aliphatic heterocycles. The number of ether oxygens (including phenoxy) is 4. The molecule has 0 aliphatic rings. The molecule has 39 heavy (non-hydrogen) atoms. The highest BCUT2D eigenvalue weighted by atomic mass is 16.6. The molecule has 2 unspecified atom stereocenters. The van der Waals surface area contributed by atoms with Gasteiger partial charge < -0.3 is 18.9 Å². The number of carbonyl (C=O) groups is 2. The Labute approximate surface area is 234 Å². The summed E-state index contributed by atoms with van der Waals surface area (Å²) < 4.78 is 23.8. The molecule has 0 radical (unpaired) electrons. The van der Waals surface area contributed by atoms with E-state index in [0.29, 0.717) is 16.9 Å². The van der Waals surface area contributed by atoms with E-state index < -0.39 is 11.9 Å². The lowest BCUT2D eigenvalue weighted by atomic mass is 10.0. The molecule has 0 spiro atoms. The van der Waals surface area contributed by atoms with Crippen molar-refractivity contribution in [2.75, 3.05) is 13.2 Å². The summed E-state index contributed by atoms with van der Waals surface area (Å²) in [5, 5.41) is 1.81. The van der Waals surface area contributed by atoms with Crippen LogP contribution in [0.2, 0.25) is 0 Å². The summed E-state index contributed by atoms with van der Waals surface area (Å²) in [6, 6.07) is 9.84. The number of hydrogen-bond acceptors (Lipinski definition) is 6. The Hall–Kier alpha value is -3.28. The van der Waals surface area contributed by atoms with Crippen LogP contribution in [0, 0.1) is 6.92 Å². The van der Waals surface area contributed by atoms with E-state index in [0.717, 1.165) is 73.5 Å². The molecule has 0 saturated heterocycles. The van der Waals surface area contributed by atoms with Gasteiger partial charge in [0.15, 0.2) is 0 Å². The molecule has 0 heterocycles. The van der Waals surface area contributed by atoms with Crippen LogP contribution < -0.4 is 9.47 Å². The molecule has 2 aromatic rings. The van der Waals surface area contributed by atoms with Crippen molar-refractivity contribution in [3.63, 3.8) is 0 Å². The average molecular weight is 539 g/mol. The van der Waals surface area contributed by atoms with E-state index in [1.54, 1.807) is 13.8 Å². The topological polar surface area (TPSA) is 71.1 Å². The largest absolute Gasteiger partial charge is 0.489 e. The van der Waals surface area contributed by atoms with Crippen molar-refractivity contribution in [2.45, 2.75) is 98.2 Å². The van der Waals surface area contributed by atoms with Gasteiger partial charge in [-0.3, -0.25) is 0 Å². The zero-order chi connectivity index (χ0) is 28.8. The molecular formula is C33H46O6. The maximum absolute atomic E-state index is 12.2. The molecule has 0 bridgehead atoms. The summed E-state index contributed by atoms with van der Waals surface area (Å²) in [6.45, 7) is 17.5. The molecular weight excluding hydrogens is 492 g/mol. The van der Waals surface area contributed by atoms with Gasteiger partial charge in [0.05, 0.1) is 0 Å². The number of rotatable bonds is 18. The average Bonchev–Trinajstić information content (AvgIpc) is 2.90. The number of esters is 2. The van der Waals surface area contributed by atoms with Crippen LogP contribution in [0.3, 0.4) is 0 Å². The fourth-order valence-electron chi connectivity index (χ4n) is 4.19. The Morgan fingerprint density at radius 2 is 1.28 bits per heavy atom. The van der Waals surface area contributed by atoms with E-state index in [-0.39, 0.29) is 25.4 Å². The zero-order valence-corrected chi connectivity index (χ0v) is 24.5. The number of aryl methyl sites for hydroxylation is 1. The number of benzene rings is 2. The van der Waals surface area contributed by atoms with Crippen LogP contribution in [0.1, 0.15) is 84.6 Å². The molecule has 0 aliphatic carbocycles. The van der Waals surface area contributed by atoms with Gasteiger partial charge in [-0.1, -0.05) is 77.0 Å². The van der Waals surface area contributed by atoms with Gasteiger partial charge in [-0.25, -0.2) is 9.59 Å². The molecule has 214 valence electrons. The quantitative estimate of drug-likeness (QED) is 0.109. The molecule has 0 aromatic heterocycles. The Morgan fingerprint density at radius 3 is 1.79 bits per heavy atom. The first-order valence-electron chi connectivity index (χ1n) is 14.2. The van der Waals surface area contributed by atoms with Crippen LogP contribution in [-0.4, -0.2) is 37.4 Å². The predicted molar refractivity (Wildman–Crippen MR) is 157 cm³/mol. The van der Waals surface area contributed by atoms with E-state index in [1.165, 1.54) is 0 Å². The fraction of sp³-hybridized carbons (Fsp3) is 0.515. The lowest BCUT2D eigenvalue weighted by Crippen LogP contribution is -2.26. The third-order valence-electron chi connectivity index (χ3n) is 6.51. The lowest BCUT2D eigenvalue weighted by Gasteiger charge is -2.21. The Morgan fingerprint density at radius 1 is 0.744 bits per heavy atom. The van der Waals surface area contributed by atoms with Gasteiger partial charge in [0.1, 0.15) is 36.9 Å². The smallest absolute Gasteiger partial charge is 0.333 e. The minimum Gasteiger partial charge on any atom is -0.489 e. The van der Waals surface area contributed by atoms with Crippen molar-refractivity contribution in [3.8, 4) is 11.5 Å². The normalized spacial score (nSPS) is 12.4. The van der Waals surface area contributed by atoms with Crippen molar-refractivity contribution in [3.05, 3.63) is 60.2 Å². The highest BCUT2D eigenvalue weighted by molar-refractivity contribution is 5.94. The SMILES string of the molecule is C=C(C)C(=O)OC(CCCCC)COc1cccc2c(OCC(CCCCC)OC(=O)C(=C)C)c(C)ccc12. The molecule has 6 nitrogen and oxygen atoms in total. The minimum absolute atomic E-state index is 0.252. The van der Waals surface area contributed by atoms with E-state index in [4.69, 9.17) is 18.9 Å². The Bertz CT molecular complexity index is 1120. The van der Waals surface area contributed by atoms with Crippen LogP contribution in [-0.2, 0) is 19.1 Å². The molecule has 2 rings (SSSR count). The summed E-state index contributed by atoms with van der Waals surface area (Å²) in [5.41, 5.74) is 1.73. The van der Waals surface area contributed by atoms with Crippen molar-refractivity contribution in [1.29, 1.82) is 0 Å². The molecule has 0 N–H and O–H groups in total. The van der Waals surface area contributed by atoms with Crippen molar-refractivity contribution in [2.24, 2.45) is 0 Å². The van der Waals surface area contributed by atoms with Crippen molar-refractivity contribution in [1.82, 2.24) is 0 Å². The van der Waals surface area contributed by atoms with E-state index >= 15 is 0 Å². The second-order valence-corrected chi connectivity index (χ2v) is 10.3. The van der Waals surface area contributed by atoms with Gasteiger partial charge in [-0.2, -0.15) is 0 Å². The van der Waals surface area contributed by atoms with Gasteiger partial charge in [-0.15, -0.1) is 0 Å². The van der Waals surface area contributed by atoms with E-state index in [9.17, 15) is 9.59 Å². The van der Waals surface area contributed by atoms with E-state index in [1.807, 2.05) is 37.3 Å². The van der Waals surface area contributed by atoms with Gasteiger partial charge >= 0.3 is 11.9 Å². The van der Waals surface area contributed by atoms with E-state index in [2.05, 4.69) is 27.0 Å². The summed E-state index contributed by atoms with van der Waals surface area (Å²) >= 11 is 0. The van der Waals surface area contributed by atoms with Crippen molar-refractivity contribution >= 4 is 22.7 Å². The maximum Gasteiger partial charge on any atom is 0.333 e. The summed E-state index contributed by atoms with van der Waals surface area (Å²) in [7, 11) is 0. The number of unbranched alkanes of at least 4 members (excludes halogenated alkanes) is 4. The second-order valence-electron chi connectivity index (χ2n) is 10.3. The van der Waals surface area contributed by atoms with Crippen LogP contribution in [0.5, 0.6) is 11.5 Å². The van der Waals surface area contributed by atoms with Gasteiger partial charge in [-0.05, 0) is 58.1 Å². The molecule has 0 saturated carbocycles. The third-order valence-corrected chi connectivity index (χ3v) is 6.51. The predicted octanol–water partition coefficient (Wildman–Crippen LogP) is 8.04. The first-order chi connectivity index (χ1) is 18.7. The van der Waals surface area contributed by atoms with Crippen LogP contribution >= 0.6 is 0 Å². The molecule has 6 heteroatoms. The summed E-state index contributed by atoms with van der Waals surface area (Å²) in [5.74, 6) is 0.631. The minimum atomic E-state index is -0.398. The lowest BCUT2D eigenvalue weighted by molar-refractivity contribution is -0.147. The monoisotopic (exact) mass is 538 g/mol. The standard InChI is InChI=1S/C33H46O6/c1-8-10-12-15-26(38-32(34)23(3)4)21-36-30-18-14-17-29-28(30)20-19-25(7)31(29)37-22-27(16-13-11-9-2)39-33(35)24(5)6/h14,17-20,26-27H,3,5,8-13,15-16,21-22H2,1-2,4,6-7H3. The molecule has 0 amide bonds. The Balaban J connectivity index is 2.22. The third kappa shape index (κ3) is 10.4. The number of carbonyl (C=O) groups excluding carboxylic acids is 2. The van der Waals surface area contributed by atoms with Gasteiger partial charge in [0.25, 0.3) is 0 Å². The Kier molecular flexibility index (Phi) is 13.6. The van der Waals surface area contributed by atoms with Gasteiger partial charge in [0.2, 0.25) is 0 Å². The first kappa shape index (κ1) is 31.9. The number of fused-ring (bicyclic) bond motifs is 1. The van der Waals surface area contributed by atoms with Crippen LogP contribution in [0.15, 0.2) is 54.6 Å². The zero-order valence-electron chi connectivity index (χ0n) is 24.5. The highest BCUT2D eigenvalue weighted by Gasteiger charge is 2.19. The number of hydrogen-bond donors (Lipinski definition) is 0. The maximum atomic E-state index is 12.2. The fourth-order valence-corrected chi connectivity index (χ4v) is 4.19. The molecule has 2 aromatic carbocycles. The molecule has 0 fully saturated rings. The second kappa shape index (κ2) is 16.6. The first-order valence-corrected chi connectivity index (χ1v) is 14.2. The van der Waals surface area contributed by atoms with Crippen LogP contribution in [0.4, 0.5) is 0 Å². The molecule has 2 atom stereocenters.